The second kappa shape index (κ2) is 10.7. The van der Waals surface area contributed by atoms with Crippen LogP contribution in [-0.2, 0) is 15.7 Å². The van der Waals surface area contributed by atoms with Gasteiger partial charge < -0.3 is 10.1 Å². The molecule has 0 aliphatic carbocycles. The topological polar surface area (TPSA) is 55.4 Å². The van der Waals surface area contributed by atoms with Crippen LogP contribution in [0.3, 0.4) is 0 Å². The first-order valence-electron chi connectivity index (χ1n) is 9.17. The molecule has 1 amide bonds. The number of benzene rings is 2. The van der Waals surface area contributed by atoms with Gasteiger partial charge in [-0.3, -0.25) is 4.79 Å². The summed E-state index contributed by atoms with van der Waals surface area (Å²) in [7, 11) is 0. The lowest BCUT2D eigenvalue weighted by Gasteiger charge is -2.19. The van der Waals surface area contributed by atoms with Gasteiger partial charge in [0.25, 0.3) is 5.91 Å². The lowest BCUT2D eigenvalue weighted by molar-refractivity contribution is -0.137. The van der Waals surface area contributed by atoms with Crippen LogP contribution in [0.25, 0.3) is 0 Å². The first kappa shape index (κ1) is 24.0. The zero-order chi connectivity index (χ0) is 22.3. The Labute approximate surface area is 182 Å². The van der Waals surface area contributed by atoms with Gasteiger partial charge in [0.1, 0.15) is 0 Å². The van der Waals surface area contributed by atoms with Crippen LogP contribution in [0.15, 0.2) is 42.5 Å². The Morgan fingerprint density at radius 1 is 1.10 bits per heavy atom. The van der Waals surface area contributed by atoms with Gasteiger partial charge in [0, 0.05) is 22.5 Å². The molecule has 0 unspecified atom stereocenters. The molecule has 0 radical (unpaired) electrons. The second-order valence-electron chi connectivity index (χ2n) is 6.61. The zero-order valence-corrected chi connectivity index (χ0v) is 17.6. The fourth-order valence-electron chi connectivity index (χ4n) is 2.85. The molecule has 2 aromatic rings. The number of rotatable bonds is 8. The maximum absolute atomic E-state index is 12.6. The van der Waals surface area contributed by atoms with E-state index in [0.29, 0.717) is 10.0 Å². The van der Waals surface area contributed by atoms with Crippen molar-refractivity contribution < 1.29 is 27.5 Å². The Kier molecular flexibility index (Phi) is 8.55. The number of hydrogen-bond acceptors (Lipinski definition) is 3. The highest BCUT2D eigenvalue weighted by Crippen LogP contribution is 2.30. The van der Waals surface area contributed by atoms with Gasteiger partial charge >= 0.3 is 12.1 Å². The highest BCUT2D eigenvalue weighted by molar-refractivity contribution is 6.35. The molecule has 0 fully saturated rings. The van der Waals surface area contributed by atoms with Crippen molar-refractivity contribution in [2.45, 2.75) is 31.9 Å². The second-order valence-corrected chi connectivity index (χ2v) is 7.45. The number of alkyl halides is 3. The van der Waals surface area contributed by atoms with E-state index in [1.165, 1.54) is 0 Å². The summed E-state index contributed by atoms with van der Waals surface area (Å²) in [5.74, 6) is -1.46. The van der Waals surface area contributed by atoms with E-state index in [0.717, 1.165) is 42.7 Å². The maximum atomic E-state index is 12.6. The van der Waals surface area contributed by atoms with Crippen molar-refractivity contribution in [2.75, 3.05) is 13.2 Å². The number of ether oxygens (including phenoxy) is 1. The summed E-state index contributed by atoms with van der Waals surface area (Å²) in [5, 5.41) is 3.70. The largest absolute Gasteiger partial charge is 0.452 e. The van der Waals surface area contributed by atoms with Crippen LogP contribution in [0.5, 0.6) is 0 Å². The van der Waals surface area contributed by atoms with Crippen LogP contribution >= 0.6 is 23.2 Å². The van der Waals surface area contributed by atoms with Crippen molar-refractivity contribution in [3.05, 3.63) is 69.2 Å². The van der Waals surface area contributed by atoms with Crippen molar-refractivity contribution in [1.82, 2.24) is 5.32 Å². The van der Waals surface area contributed by atoms with Crippen LogP contribution < -0.4 is 5.32 Å². The summed E-state index contributed by atoms with van der Waals surface area (Å²) in [4.78, 5) is 24.0. The van der Waals surface area contributed by atoms with Crippen LogP contribution in [0.1, 0.15) is 47.2 Å². The third-order valence-electron chi connectivity index (χ3n) is 4.37. The highest BCUT2D eigenvalue weighted by Gasteiger charge is 2.30. The molecule has 1 atom stereocenters. The molecule has 9 heteroatoms. The Bertz CT molecular complexity index is 886. The molecule has 0 spiro atoms. The van der Waals surface area contributed by atoms with Gasteiger partial charge in [-0.05, 0) is 48.4 Å². The molecule has 0 saturated heterocycles. The molecule has 0 heterocycles. The Hall–Kier alpha value is -2.25. The minimum atomic E-state index is -4.50. The van der Waals surface area contributed by atoms with Crippen molar-refractivity contribution in [3.63, 3.8) is 0 Å². The molecule has 4 nitrogen and oxygen atoms in total. The Balaban J connectivity index is 1.89. The number of carbonyl (C=O) groups is 2. The minimum Gasteiger partial charge on any atom is -0.452 e. The maximum Gasteiger partial charge on any atom is 0.416 e. The lowest BCUT2D eigenvalue weighted by atomic mass is 9.94. The fourth-order valence-corrected chi connectivity index (χ4v) is 3.41. The monoisotopic (exact) mass is 461 g/mol. The molecule has 0 saturated carbocycles. The number of hydrogen-bond donors (Lipinski definition) is 1. The van der Waals surface area contributed by atoms with E-state index in [9.17, 15) is 22.8 Å². The van der Waals surface area contributed by atoms with Gasteiger partial charge in [0.15, 0.2) is 6.61 Å². The number of nitrogens with one attached hydrogen (secondary N) is 1. The third kappa shape index (κ3) is 6.92. The van der Waals surface area contributed by atoms with Crippen LogP contribution in [0.4, 0.5) is 13.2 Å². The summed E-state index contributed by atoms with van der Waals surface area (Å²) >= 11 is 12.2. The summed E-state index contributed by atoms with van der Waals surface area (Å²) in [5.41, 5.74) is -0.0998. The fraction of sp³-hybridized carbons (Fsp3) is 0.333. The van der Waals surface area contributed by atoms with Crippen molar-refractivity contribution in [1.29, 1.82) is 0 Å². The van der Waals surface area contributed by atoms with Crippen molar-refractivity contribution >= 4 is 35.1 Å². The standard InChI is InChI=1S/C21H20Cl2F3NO3/c1-2-3-14(17-9-8-16(22)10-18(17)23)11-27-19(28)12-30-20(29)13-4-6-15(7-5-13)21(24,25)26/h4-10,14H,2-3,11-12H2,1H3,(H,27,28)/t14-/m1/s1. The molecule has 0 aliphatic rings. The smallest absolute Gasteiger partial charge is 0.416 e. The molecule has 0 aliphatic heterocycles. The van der Waals surface area contributed by atoms with Gasteiger partial charge in [0.05, 0.1) is 11.1 Å². The number of halogens is 5. The van der Waals surface area contributed by atoms with Crippen LogP contribution in [-0.4, -0.2) is 25.0 Å². The SMILES string of the molecule is CCC[C@H](CNC(=O)COC(=O)c1ccc(C(F)(F)F)cc1)c1ccc(Cl)cc1Cl. The number of amides is 1. The van der Waals surface area contributed by atoms with Crippen molar-refractivity contribution in [3.8, 4) is 0 Å². The molecule has 0 aromatic heterocycles. The Morgan fingerprint density at radius 3 is 2.33 bits per heavy atom. The van der Waals surface area contributed by atoms with Gasteiger partial charge in [-0.15, -0.1) is 0 Å². The zero-order valence-electron chi connectivity index (χ0n) is 16.1. The van der Waals surface area contributed by atoms with E-state index in [1.807, 2.05) is 13.0 Å². The molecule has 30 heavy (non-hydrogen) atoms. The predicted octanol–water partition coefficient (Wildman–Crippen LogP) is 5.87. The molecule has 2 rings (SSSR count). The van der Waals surface area contributed by atoms with Gasteiger partial charge in [-0.25, -0.2) is 4.79 Å². The summed E-state index contributed by atoms with van der Waals surface area (Å²) in [6.45, 7) is 1.74. The normalized spacial score (nSPS) is 12.3. The lowest BCUT2D eigenvalue weighted by Crippen LogP contribution is -2.32. The molecular weight excluding hydrogens is 442 g/mol. The average molecular weight is 462 g/mol. The van der Waals surface area contributed by atoms with Crippen molar-refractivity contribution in [2.24, 2.45) is 0 Å². The van der Waals surface area contributed by atoms with E-state index in [1.54, 1.807) is 12.1 Å². The quantitative estimate of drug-likeness (QED) is 0.500. The first-order valence-corrected chi connectivity index (χ1v) is 9.93. The molecular formula is C21H20Cl2F3NO3. The van der Waals surface area contributed by atoms with E-state index in [2.05, 4.69) is 5.32 Å². The molecule has 2 aromatic carbocycles. The molecule has 162 valence electrons. The Morgan fingerprint density at radius 2 is 1.77 bits per heavy atom. The summed E-state index contributed by atoms with van der Waals surface area (Å²) < 4.78 is 42.6. The van der Waals surface area contributed by atoms with Crippen LogP contribution in [0.2, 0.25) is 10.0 Å². The van der Waals surface area contributed by atoms with E-state index in [4.69, 9.17) is 27.9 Å². The molecule has 0 bridgehead atoms. The van der Waals surface area contributed by atoms with E-state index in [-0.39, 0.29) is 18.0 Å². The van der Waals surface area contributed by atoms with E-state index >= 15 is 0 Å². The van der Waals surface area contributed by atoms with E-state index < -0.39 is 30.2 Å². The van der Waals surface area contributed by atoms with Crippen LogP contribution in [0, 0.1) is 0 Å². The minimum absolute atomic E-state index is 0.0469. The highest BCUT2D eigenvalue weighted by atomic mass is 35.5. The summed E-state index contributed by atoms with van der Waals surface area (Å²) in [6, 6.07) is 8.73. The third-order valence-corrected chi connectivity index (χ3v) is 4.93. The first-order chi connectivity index (χ1) is 14.1. The number of carbonyl (C=O) groups excluding carboxylic acids is 2. The van der Waals surface area contributed by atoms with Gasteiger partial charge in [-0.2, -0.15) is 13.2 Å². The van der Waals surface area contributed by atoms with Gasteiger partial charge in [0.2, 0.25) is 0 Å². The van der Waals surface area contributed by atoms with Gasteiger partial charge in [-0.1, -0.05) is 42.6 Å². The predicted molar refractivity (Wildman–Crippen MR) is 109 cm³/mol. The number of esters is 1. The summed E-state index contributed by atoms with van der Waals surface area (Å²) in [6.07, 6.45) is -2.86. The molecule has 1 N–H and O–H groups in total. The average Bonchev–Trinajstić information content (AvgIpc) is 2.69.